The molecule has 0 atom stereocenters. The van der Waals surface area contributed by atoms with E-state index in [4.69, 9.17) is 0 Å². The largest absolute Gasteiger partial charge is 0.339 e. The van der Waals surface area contributed by atoms with E-state index in [0.29, 0.717) is 0 Å². The van der Waals surface area contributed by atoms with Crippen LogP contribution in [0.4, 0.5) is 0 Å². The van der Waals surface area contributed by atoms with Crippen LogP contribution >= 0.6 is 11.8 Å². The van der Waals surface area contributed by atoms with Gasteiger partial charge in [0.15, 0.2) is 5.16 Å². The third-order valence-corrected chi connectivity index (χ3v) is 5.43. The molecule has 0 aliphatic carbocycles. The van der Waals surface area contributed by atoms with E-state index in [2.05, 4.69) is 15.0 Å². The maximum absolute atomic E-state index is 12.5. The van der Waals surface area contributed by atoms with Crippen molar-refractivity contribution in [2.45, 2.75) is 30.2 Å². The summed E-state index contributed by atoms with van der Waals surface area (Å²) in [6.45, 7) is 1.77. The molecule has 1 fully saturated rings. The van der Waals surface area contributed by atoms with Crippen molar-refractivity contribution in [1.82, 2.24) is 19.9 Å². The molecule has 4 rings (SSSR count). The van der Waals surface area contributed by atoms with Crippen molar-refractivity contribution >= 4 is 28.7 Å². The van der Waals surface area contributed by atoms with E-state index in [1.165, 1.54) is 12.0 Å². The Morgan fingerprint density at radius 2 is 1.92 bits per heavy atom. The highest BCUT2D eigenvalue weighted by atomic mass is 32.2. The van der Waals surface area contributed by atoms with Crippen molar-refractivity contribution in [3.63, 3.8) is 0 Å². The molecule has 1 aliphatic rings. The number of H-pyrrole nitrogens is 1. The molecule has 0 unspecified atom stereocenters. The van der Waals surface area contributed by atoms with Crippen molar-refractivity contribution in [3.8, 4) is 0 Å². The molecule has 5 nitrogen and oxygen atoms in total. The number of carbonyl (C=O) groups is 1. The molecule has 3 heterocycles. The summed E-state index contributed by atoms with van der Waals surface area (Å²) >= 11 is 1.65. The molecule has 25 heavy (non-hydrogen) atoms. The van der Waals surface area contributed by atoms with Crippen molar-refractivity contribution in [3.05, 3.63) is 53.9 Å². The molecule has 1 aliphatic heterocycles. The first kappa shape index (κ1) is 16.1. The van der Waals surface area contributed by atoms with Crippen LogP contribution in [0.25, 0.3) is 11.0 Å². The Morgan fingerprint density at radius 3 is 2.68 bits per heavy atom. The van der Waals surface area contributed by atoms with Gasteiger partial charge in [0.25, 0.3) is 5.91 Å². The monoisotopic (exact) mass is 352 g/mol. The van der Waals surface area contributed by atoms with E-state index in [0.717, 1.165) is 53.4 Å². The molecule has 0 spiro atoms. The van der Waals surface area contributed by atoms with Gasteiger partial charge in [-0.2, -0.15) is 0 Å². The molecule has 1 N–H and O–H groups in total. The molecule has 1 aromatic carbocycles. The third-order valence-electron chi connectivity index (χ3n) is 4.48. The number of rotatable bonds is 4. The number of hydrogen-bond donors (Lipinski definition) is 1. The minimum absolute atomic E-state index is 0.156. The van der Waals surface area contributed by atoms with Gasteiger partial charge >= 0.3 is 0 Å². The summed E-state index contributed by atoms with van der Waals surface area (Å²) in [5.41, 5.74) is 3.84. The molecule has 3 aromatic rings. The maximum Gasteiger partial charge on any atom is 0.253 e. The number of carbonyl (C=O) groups excluding carboxylic acids is 1. The summed E-state index contributed by atoms with van der Waals surface area (Å²) in [5, 5.41) is 0.886. The lowest BCUT2D eigenvalue weighted by Gasteiger charge is -2.26. The van der Waals surface area contributed by atoms with Gasteiger partial charge in [0.05, 0.1) is 17.2 Å². The fourth-order valence-electron chi connectivity index (χ4n) is 3.08. The quantitative estimate of drug-likeness (QED) is 0.724. The topological polar surface area (TPSA) is 61.9 Å². The van der Waals surface area contributed by atoms with Crippen LogP contribution in [0.1, 0.15) is 35.2 Å². The van der Waals surface area contributed by atoms with Crippen molar-refractivity contribution < 1.29 is 4.79 Å². The molecule has 6 heteroatoms. The molecule has 0 saturated carbocycles. The Kier molecular flexibility index (Phi) is 4.70. The summed E-state index contributed by atoms with van der Waals surface area (Å²) in [7, 11) is 0. The number of aromatic amines is 1. The van der Waals surface area contributed by atoms with Gasteiger partial charge in [-0.25, -0.2) is 4.98 Å². The van der Waals surface area contributed by atoms with Gasteiger partial charge in [0, 0.05) is 30.6 Å². The fourth-order valence-corrected chi connectivity index (χ4v) is 3.92. The highest BCUT2D eigenvalue weighted by Crippen LogP contribution is 2.23. The van der Waals surface area contributed by atoms with Gasteiger partial charge < -0.3 is 9.88 Å². The van der Waals surface area contributed by atoms with Gasteiger partial charge in [-0.15, -0.1) is 0 Å². The van der Waals surface area contributed by atoms with Crippen LogP contribution in [0.2, 0.25) is 0 Å². The standard InChI is InChI=1S/C19H20N4OS/c24-18(23-10-2-1-3-11-23)15-6-4-14(5-7-15)13-25-19-21-16-8-9-20-12-17(16)22-19/h4-9,12H,1-3,10-11,13H2,(H,21,22). The van der Waals surface area contributed by atoms with Gasteiger partial charge in [-0.05, 0) is 43.0 Å². The summed E-state index contributed by atoms with van der Waals surface area (Å²) in [6, 6.07) is 9.85. The number of amides is 1. The molecular weight excluding hydrogens is 332 g/mol. The van der Waals surface area contributed by atoms with Crippen molar-refractivity contribution in [2.75, 3.05) is 13.1 Å². The summed E-state index contributed by atoms with van der Waals surface area (Å²) in [4.78, 5) is 26.4. The lowest BCUT2D eigenvalue weighted by atomic mass is 10.1. The molecule has 1 amide bonds. The van der Waals surface area contributed by atoms with Crippen LogP contribution in [0.5, 0.6) is 0 Å². The molecule has 128 valence electrons. The third kappa shape index (κ3) is 3.69. The predicted molar refractivity (Wildman–Crippen MR) is 99.6 cm³/mol. The SMILES string of the molecule is O=C(c1ccc(CSc2nc3ccncc3[nH]2)cc1)N1CCCCC1. The zero-order valence-electron chi connectivity index (χ0n) is 13.9. The van der Waals surface area contributed by atoms with Gasteiger partial charge in [-0.3, -0.25) is 9.78 Å². The Labute approximate surface area is 150 Å². The van der Waals surface area contributed by atoms with E-state index in [-0.39, 0.29) is 5.91 Å². The van der Waals surface area contributed by atoms with Crippen molar-refractivity contribution in [2.24, 2.45) is 0 Å². The highest BCUT2D eigenvalue weighted by molar-refractivity contribution is 7.98. The fraction of sp³-hybridized carbons (Fsp3) is 0.316. The first-order valence-electron chi connectivity index (χ1n) is 8.60. The molecule has 1 saturated heterocycles. The maximum atomic E-state index is 12.5. The number of nitrogens with one attached hydrogen (secondary N) is 1. The lowest BCUT2D eigenvalue weighted by Crippen LogP contribution is -2.35. The van der Waals surface area contributed by atoms with E-state index in [1.807, 2.05) is 35.2 Å². The second-order valence-electron chi connectivity index (χ2n) is 6.27. The summed E-state index contributed by atoms with van der Waals surface area (Å²) in [6.07, 6.45) is 7.00. The van der Waals surface area contributed by atoms with Crippen molar-refractivity contribution in [1.29, 1.82) is 0 Å². The van der Waals surface area contributed by atoms with E-state index >= 15 is 0 Å². The normalized spacial score (nSPS) is 14.8. The predicted octanol–water partition coefficient (Wildman–Crippen LogP) is 3.88. The smallest absolute Gasteiger partial charge is 0.253 e. The number of benzene rings is 1. The summed E-state index contributed by atoms with van der Waals surface area (Å²) in [5.74, 6) is 0.967. The number of aromatic nitrogens is 3. The number of hydrogen-bond acceptors (Lipinski definition) is 4. The number of imidazole rings is 1. The van der Waals surface area contributed by atoms with E-state index < -0.39 is 0 Å². The van der Waals surface area contributed by atoms with Gasteiger partial charge in [-0.1, -0.05) is 23.9 Å². The molecular formula is C19H20N4OS. The average Bonchev–Trinajstić information content (AvgIpc) is 3.10. The van der Waals surface area contributed by atoms with Crippen LogP contribution in [0.3, 0.4) is 0 Å². The second kappa shape index (κ2) is 7.27. The van der Waals surface area contributed by atoms with E-state index in [9.17, 15) is 4.79 Å². The van der Waals surface area contributed by atoms with Gasteiger partial charge in [0.1, 0.15) is 0 Å². The number of piperidine rings is 1. The number of thioether (sulfide) groups is 1. The number of nitrogens with zero attached hydrogens (tertiary/aromatic N) is 3. The molecule has 2 aromatic heterocycles. The molecule has 0 radical (unpaired) electrons. The average molecular weight is 352 g/mol. The van der Waals surface area contributed by atoms with E-state index in [1.54, 1.807) is 24.2 Å². The molecule has 0 bridgehead atoms. The first-order valence-corrected chi connectivity index (χ1v) is 9.59. The zero-order chi connectivity index (χ0) is 17.1. The number of pyridine rings is 1. The minimum atomic E-state index is 0.156. The van der Waals surface area contributed by atoms with Crippen LogP contribution in [0, 0.1) is 0 Å². The van der Waals surface area contributed by atoms with Crippen LogP contribution < -0.4 is 0 Å². The van der Waals surface area contributed by atoms with Gasteiger partial charge in [0.2, 0.25) is 0 Å². The number of fused-ring (bicyclic) bond motifs is 1. The summed E-state index contributed by atoms with van der Waals surface area (Å²) < 4.78 is 0. The number of likely N-dealkylation sites (tertiary alicyclic amines) is 1. The Balaban J connectivity index is 1.39. The second-order valence-corrected chi connectivity index (χ2v) is 7.24. The highest BCUT2D eigenvalue weighted by Gasteiger charge is 2.17. The van der Waals surface area contributed by atoms with Crippen LogP contribution in [-0.2, 0) is 5.75 Å². The zero-order valence-corrected chi connectivity index (χ0v) is 14.8. The van der Waals surface area contributed by atoms with Crippen LogP contribution in [0.15, 0.2) is 47.9 Å². The Morgan fingerprint density at radius 1 is 1.12 bits per heavy atom. The Bertz CT molecular complexity index is 836. The van der Waals surface area contributed by atoms with Crippen LogP contribution in [-0.4, -0.2) is 38.8 Å². The first-order chi connectivity index (χ1) is 12.3. The minimum Gasteiger partial charge on any atom is -0.339 e. The Hall–Kier alpha value is -2.34. The lowest BCUT2D eigenvalue weighted by molar-refractivity contribution is 0.0724.